The zero-order valence-corrected chi connectivity index (χ0v) is 15.6. The van der Waals surface area contributed by atoms with E-state index in [1.54, 1.807) is 0 Å². The number of benzene rings is 2. The molecule has 0 aromatic heterocycles. The number of hydrogen-bond acceptors (Lipinski definition) is 4. The van der Waals surface area contributed by atoms with Gasteiger partial charge in [0, 0.05) is 5.69 Å². The Bertz CT molecular complexity index is 820. The molecule has 0 bridgehead atoms. The summed E-state index contributed by atoms with van der Waals surface area (Å²) >= 11 is 0. The number of imide groups is 1. The minimum Gasteiger partial charge on any atom is -0.494 e. The zero-order chi connectivity index (χ0) is 18.8. The quantitative estimate of drug-likeness (QED) is 0.833. The molecule has 136 valence electrons. The van der Waals surface area contributed by atoms with Crippen molar-refractivity contribution in [2.24, 2.45) is 0 Å². The van der Waals surface area contributed by atoms with Gasteiger partial charge in [0.25, 0.3) is 5.91 Å². The molecule has 1 atom stereocenters. The van der Waals surface area contributed by atoms with E-state index in [9.17, 15) is 9.59 Å². The molecule has 2 aromatic rings. The Morgan fingerprint density at radius 3 is 2.27 bits per heavy atom. The number of nitrogens with one attached hydrogen (secondary N) is 1. The molecule has 1 aliphatic rings. The Morgan fingerprint density at radius 1 is 1.08 bits per heavy atom. The zero-order valence-electron chi connectivity index (χ0n) is 15.6. The molecule has 3 rings (SSSR count). The second kappa shape index (κ2) is 7.20. The number of hydrogen-bond donors (Lipinski definition) is 1. The Labute approximate surface area is 154 Å². The molecule has 2 aromatic carbocycles. The van der Waals surface area contributed by atoms with Gasteiger partial charge in [0.15, 0.2) is 0 Å². The highest BCUT2D eigenvalue weighted by molar-refractivity contribution is 6.23. The van der Waals surface area contributed by atoms with E-state index in [4.69, 9.17) is 4.74 Å². The number of ether oxygens (including phenoxy) is 1. The van der Waals surface area contributed by atoms with Gasteiger partial charge in [-0.1, -0.05) is 17.7 Å². The van der Waals surface area contributed by atoms with Gasteiger partial charge in [-0.15, -0.1) is 0 Å². The predicted molar refractivity (Wildman–Crippen MR) is 103 cm³/mol. The smallest absolute Gasteiger partial charge is 0.256 e. The first-order valence-electron chi connectivity index (χ1n) is 8.84. The number of aryl methyl sites for hydroxylation is 3. The highest BCUT2D eigenvalue weighted by Gasteiger charge is 2.40. The number of amides is 2. The van der Waals surface area contributed by atoms with Crippen LogP contribution in [-0.2, 0) is 9.59 Å². The van der Waals surface area contributed by atoms with Crippen LogP contribution in [0.2, 0.25) is 0 Å². The predicted octanol–water partition coefficient (Wildman–Crippen LogP) is 3.75. The van der Waals surface area contributed by atoms with Gasteiger partial charge in [0.05, 0.1) is 18.7 Å². The summed E-state index contributed by atoms with van der Waals surface area (Å²) < 4.78 is 5.42. The first-order chi connectivity index (χ1) is 12.4. The van der Waals surface area contributed by atoms with Crippen LogP contribution in [0, 0.1) is 20.8 Å². The molecule has 0 spiro atoms. The molecule has 0 radical (unpaired) electrons. The Kier molecular flexibility index (Phi) is 4.98. The molecular formula is C21H24N2O3. The van der Waals surface area contributed by atoms with Crippen LogP contribution in [0.5, 0.6) is 5.75 Å². The van der Waals surface area contributed by atoms with Crippen molar-refractivity contribution >= 4 is 23.2 Å². The van der Waals surface area contributed by atoms with E-state index in [0.29, 0.717) is 12.3 Å². The summed E-state index contributed by atoms with van der Waals surface area (Å²) in [5.74, 6) is 0.395. The van der Waals surface area contributed by atoms with Gasteiger partial charge in [0.2, 0.25) is 5.91 Å². The molecule has 26 heavy (non-hydrogen) atoms. The van der Waals surface area contributed by atoms with Crippen LogP contribution in [0.25, 0.3) is 0 Å². The maximum absolute atomic E-state index is 12.9. The van der Waals surface area contributed by atoms with E-state index < -0.39 is 6.04 Å². The van der Waals surface area contributed by atoms with Gasteiger partial charge in [-0.3, -0.25) is 9.59 Å². The first kappa shape index (κ1) is 18.0. The molecular weight excluding hydrogens is 328 g/mol. The summed E-state index contributed by atoms with van der Waals surface area (Å²) in [6, 6.07) is 10.8. The highest BCUT2D eigenvalue weighted by Crippen LogP contribution is 2.31. The molecule has 0 unspecified atom stereocenters. The summed E-state index contributed by atoms with van der Waals surface area (Å²) in [5.41, 5.74) is 4.49. The molecule has 5 heteroatoms. The lowest BCUT2D eigenvalue weighted by Gasteiger charge is -2.21. The van der Waals surface area contributed by atoms with Crippen LogP contribution in [-0.4, -0.2) is 24.5 Å². The average Bonchev–Trinajstić information content (AvgIpc) is 2.84. The third-order valence-corrected chi connectivity index (χ3v) is 4.51. The van der Waals surface area contributed by atoms with Crippen LogP contribution in [0.15, 0.2) is 36.4 Å². The monoisotopic (exact) mass is 352 g/mol. The van der Waals surface area contributed by atoms with Crippen molar-refractivity contribution in [1.82, 2.24) is 0 Å². The Hall–Kier alpha value is -2.82. The SMILES string of the molecule is CCOc1ccc(N[C@H]2CC(=O)N(c3c(C)cc(C)cc3C)C2=O)cc1. The second-order valence-electron chi connectivity index (χ2n) is 6.67. The van der Waals surface area contributed by atoms with Gasteiger partial charge in [-0.05, 0) is 63.1 Å². The summed E-state index contributed by atoms with van der Waals surface area (Å²) in [4.78, 5) is 26.8. The first-order valence-corrected chi connectivity index (χ1v) is 8.84. The van der Waals surface area contributed by atoms with Crippen molar-refractivity contribution in [1.29, 1.82) is 0 Å². The van der Waals surface area contributed by atoms with Crippen molar-refractivity contribution in [3.8, 4) is 5.75 Å². The molecule has 1 saturated heterocycles. The van der Waals surface area contributed by atoms with E-state index in [-0.39, 0.29) is 18.2 Å². The second-order valence-corrected chi connectivity index (χ2v) is 6.67. The summed E-state index contributed by atoms with van der Waals surface area (Å²) in [6.45, 7) is 8.41. The maximum Gasteiger partial charge on any atom is 0.256 e. The lowest BCUT2D eigenvalue weighted by atomic mass is 10.0. The van der Waals surface area contributed by atoms with Gasteiger partial charge in [-0.25, -0.2) is 4.90 Å². The van der Waals surface area contributed by atoms with Gasteiger partial charge < -0.3 is 10.1 Å². The minimum absolute atomic E-state index is 0.152. The van der Waals surface area contributed by atoms with Crippen LogP contribution < -0.4 is 15.0 Å². The third kappa shape index (κ3) is 3.43. The van der Waals surface area contributed by atoms with E-state index in [1.165, 1.54) is 4.90 Å². The van der Waals surface area contributed by atoms with Crippen LogP contribution >= 0.6 is 0 Å². The highest BCUT2D eigenvalue weighted by atomic mass is 16.5. The fourth-order valence-corrected chi connectivity index (χ4v) is 3.52. The van der Waals surface area contributed by atoms with Gasteiger partial charge in [0.1, 0.15) is 11.8 Å². The molecule has 5 nitrogen and oxygen atoms in total. The summed E-state index contributed by atoms with van der Waals surface area (Å²) in [7, 11) is 0. The standard InChI is InChI=1S/C21H24N2O3/c1-5-26-17-8-6-16(7-9-17)22-18-12-19(24)23(21(18)25)20-14(3)10-13(2)11-15(20)4/h6-11,18,22H,5,12H2,1-4H3/t18-/m0/s1. The van der Waals surface area contributed by atoms with Crippen molar-refractivity contribution in [3.63, 3.8) is 0 Å². The van der Waals surface area contributed by atoms with E-state index in [1.807, 2.05) is 64.1 Å². The normalized spacial score (nSPS) is 16.9. The molecule has 1 aliphatic heterocycles. The van der Waals surface area contributed by atoms with Crippen LogP contribution in [0.3, 0.4) is 0 Å². The Morgan fingerprint density at radius 2 is 1.69 bits per heavy atom. The van der Waals surface area contributed by atoms with Crippen molar-refractivity contribution in [2.75, 3.05) is 16.8 Å². The number of nitrogens with zero attached hydrogens (tertiary/aromatic N) is 1. The topological polar surface area (TPSA) is 58.6 Å². The lowest BCUT2D eigenvalue weighted by Crippen LogP contribution is -2.35. The maximum atomic E-state index is 12.9. The van der Waals surface area contributed by atoms with Crippen LogP contribution in [0.1, 0.15) is 30.0 Å². The van der Waals surface area contributed by atoms with E-state index in [0.717, 1.165) is 28.1 Å². The number of carbonyl (C=O) groups is 2. The minimum atomic E-state index is -0.555. The largest absolute Gasteiger partial charge is 0.494 e. The van der Waals surface area contributed by atoms with Gasteiger partial charge in [-0.2, -0.15) is 0 Å². The fourth-order valence-electron chi connectivity index (χ4n) is 3.52. The number of rotatable bonds is 5. The molecule has 1 N–H and O–H groups in total. The van der Waals surface area contributed by atoms with Crippen LogP contribution in [0.4, 0.5) is 11.4 Å². The third-order valence-electron chi connectivity index (χ3n) is 4.51. The Balaban J connectivity index is 1.81. The number of carbonyl (C=O) groups excluding carboxylic acids is 2. The average molecular weight is 352 g/mol. The lowest BCUT2D eigenvalue weighted by molar-refractivity contribution is -0.121. The van der Waals surface area contributed by atoms with Crippen molar-refractivity contribution < 1.29 is 14.3 Å². The van der Waals surface area contributed by atoms with Gasteiger partial charge >= 0.3 is 0 Å². The molecule has 0 aliphatic carbocycles. The van der Waals surface area contributed by atoms with E-state index >= 15 is 0 Å². The summed E-state index contributed by atoms with van der Waals surface area (Å²) in [5, 5.41) is 3.17. The van der Waals surface area contributed by atoms with Crippen molar-refractivity contribution in [2.45, 2.75) is 40.2 Å². The number of anilines is 2. The van der Waals surface area contributed by atoms with E-state index in [2.05, 4.69) is 5.32 Å². The molecule has 0 saturated carbocycles. The van der Waals surface area contributed by atoms with Crippen molar-refractivity contribution in [3.05, 3.63) is 53.1 Å². The molecule has 1 fully saturated rings. The molecule has 1 heterocycles. The molecule has 2 amide bonds. The fraction of sp³-hybridized carbons (Fsp3) is 0.333. The summed E-state index contributed by atoms with van der Waals surface area (Å²) in [6.07, 6.45) is 0.152.